The van der Waals surface area contributed by atoms with Crippen LogP contribution in [0.1, 0.15) is 0 Å². The Balaban J connectivity index is 2.00. The number of nitrogens with one attached hydrogen (secondary N) is 2. The van der Waals surface area contributed by atoms with Gasteiger partial charge in [-0.3, -0.25) is 14.9 Å². The van der Waals surface area contributed by atoms with Gasteiger partial charge in [0, 0.05) is 16.6 Å². The van der Waals surface area contributed by atoms with E-state index < -0.39 is 28.1 Å². The van der Waals surface area contributed by atoms with Gasteiger partial charge in [0.2, 0.25) is 11.7 Å². The highest BCUT2D eigenvalue weighted by Gasteiger charge is 2.15. The first-order chi connectivity index (χ1) is 11.9. The fourth-order valence-electron chi connectivity index (χ4n) is 1.91. The molecule has 6 nitrogen and oxygen atoms in total. The van der Waals surface area contributed by atoms with E-state index in [0.717, 1.165) is 12.1 Å². The van der Waals surface area contributed by atoms with Crippen molar-refractivity contribution in [2.75, 3.05) is 17.2 Å². The molecule has 0 bridgehead atoms. The normalized spacial score (nSPS) is 10.6. The summed E-state index contributed by atoms with van der Waals surface area (Å²) in [7, 11) is 0. The Morgan fingerprint density at radius 1 is 1.24 bits per heavy atom. The van der Waals surface area contributed by atoms with Gasteiger partial charge < -0.3 is 10.6 Å². The van der Waals surface area contributed by atoms with E-state index in [1.165, 1.54) is 18.2 Å². The number of carbonyl (C=O) groups excluding carboxylic acids is 1. The number of nitrogens with zero attached hydrogens (tertiary/aromatic N) is 1. The van der Waals surface area contributed by atoms with Gasteiger partial charge in [-0.1, -0.05) is 23.9 Å². The van der Waals surface area contributed by atoms with Crippen LogP contribution in [0.3, 0.4) is 0 Å². The quantitative estimate of drug-likeness (QED) is 0.435. The van der Waals surface area contributed by atoms with Crippen LogP contribution in [-0.2, 0) is 4.79 Å². The van der Waals surface area contributed by atoms with Crippen molar-refractivity contribution >= 4 is 34.7 Å². The number of alkyl halides is 2. The highest BCUT2D eigenvalue weighted by Crippen LogP contribution is 2.31. The maximum Gasteiger partial charge on any atom is 0.306 e. The van der Waals surface area contributed by atoms with E-state index in [2.05, 4.69) is 10.6 Å². The lowest BCUT2D eigenvalue weighted by molar-refractivity contribution is -0.387. The summed E-state index contributed by atoms with van der Waals surface area (Å²) in [4.78, 5) is 21.9. The first kappa shape index (κ1) is 18.6. The lowest BCUT2D eigenvalue weighted by Crippen LogP contribution is -2.22. The topological polar surface area (TPSA) is 84.3 Å². The maximum absolute atomic E-state index is 13.2. The molecule has 0 fully saturated rings. The van der Waals surface area contributed by atoms with Crippen LogP contribution in [0.4, 0.5) is 30.2 Å². The summed E-state index contributed by atoms with van der Waals surface area (Å²) >= 11 is 0.303. The minimum atomic E-state index is -2.63. The minimum absolute atomic E-state index is 0.179. The molecule has 0 radical (unpaired) electrons. The SMILES string of the molecule is O=C(CNc1ccc(F)c([N+](=O)[O-])c1)Nc1ccccc1SC(F)F. The lowest BCUT2D eigenvalue weighted by Gasteiger charge is -2.11. The van der Waals surface area contributed by atoms with Gasteiger partial charge >= 0.3 is 5.69 Å². The number of benzene rings is 2. The number of nitro groups is 1. The molecule has 0 saturated heterocycles. The minimum Gasteiger partial charge on any atom is -0.376 e. The Morgan fingerprint density at radius 2 is 1.96 bits per heavy atom. The van der Waals surface area contributed by atoms with Gasteiger partial charge in [0.1, 0.15) is 0 Å². The number of nitro benzene ring substituents is 1. The van der Waals surface area contributed by atoms with Gasteiger partial charge in [-0.2, -0.15) is 13.2 Å². The highest BCUT2D eigenvalue weighted by atomic mass is 32.2. The molecule has 0 aromatic heterocycles. The summed E-state index contributed by atoms with van der Waals surface area (Å²) in [6.07, 6.45) is 0. The number of anilines is 2. The zero-order chi connectivity index (χ0) is 18.4. The van der Waals surface area contributed by atoms with Crippen LogP contribution >= 0.6 is 11.8 Å². The Hall–Kier alpha value is -2.75. The Labute approximate surface area is 144 Å². The van der Waals surface area contributed by atoms with Crippen molar-refractivity contribution in [3.05, 3.63) is 58.4 Å². The second-order valence-corrected chi connectivity index (χ2v) is 5.73. The van der Waals surface area contributed by atoms with E-state index in [0.29, 0.717) is 11.8 Å². The van der Waals surface area contributed by atoms with E-state index in [1.807, 2.05) is 0 Å². The number of hydrogen-bond donors (Lipinski definition) is 2. The third-order valence-electron chi connectivity index (χ3n) is 2.97. The number of amides is 1. The summed E-state index contributed by atoms with van der Waals surface area (Å²) in [5.74, 6) is -4.16. The molecule has 0 aliphatic carbocycles. The number of carbonyl (C=O) groups is 1. The molecule has 0 saturated carbocycles. The summed E-state index contributed by atoms with van der Waals surface area (Å²) in [6, 6.07) is 9.19. The van der Waals surface area contributed by atoms with Crippen LogP contribution < -0.4 is 10.6 Å². The van der Waals surface area contributed by atoms with Crippen molar-refractivity contribution in [1.82, 2.24) is 0 Å². The molecule has 0 spiro atoms. The number of halogens is 3. The number of thioether (sulfide) groups is 1. The predicted molar refractivity (Wildman–Crippen MR) is 88.5 cm³/mol. The number of hydrogen-bond acceptors (Lipinski definition) is 5. The zero-order valence-electron chi connectivity index (χ0n) is 12.5. The number of rotatable bonds is 7. The van der Waals surface area contributed by atoms with E-state index >= 15 is 0 Å². The van der Waals surface area contributed by atoms with Crippen LogP contribution in [0.5, 0.6) is 0 Å². The molecule has 0 heterocycles. The largest absolute Gasteiger partial charge is 0.376 e. The van der Waals surface area contributed by atoms with Gasteiger partial charge in [-0.15, -0.1) is 0 Å². The van der Waals surface area contributed by atoms with E-state index in [4.69, 9.17) is 0 Å². The number of para-hydroxylation sites is 1. The van der Waals surface area contributed by atoms with Crippen molar-refractivity contribution in [2.24, 2.45) is 0 Å². The second kappa shape index (κ2) is 8.38. The van der Waals surface area contributed by atoms with Crippen molar-refractivity contribution in [1.29, 1.82) is 0 Å². The Bertz CT molecular complexity index is 790. The molecule has 2 rings (SSSR count). The molecular formula is C15H12F3N3O3S. The highest BCUT2D eigenvalue weighted by molar-refractivity contribution is 7.99. The van der Waals surface area contributed by atoms with E-state index in [1.54, 1.807) is 12.1 Å². The third-order valence-corrected chi connectivity index (χ3v) is 3.76. The van der Waals surface area contributed by atoms with E-state index in [9.17, 15) is 28.1 Å². The van der Waals surface area contributed by atoms with Crippen molar-refractivity contribution < 1.29 is 22.9 Å². The fourth-order valence-corrected chi connectivity index (χ4v) is 2.50. The Morgan fingerprint density at radius 3 is 2.64 bits per heavy atom. The molecular weight excluding hydrogens is 359 g/mol. The van der Waals surface area contributed by atoms with Crippen LogP contribution in [0.15, 0.2) is 47.4 Å². The van der Waals surface area contributed by atoms with Gasteiger partial charge in [-0.05, 0) is 24.3 Å². The predicted octanol–water partition coefficient (Wildman–Crippen LogP) is 4.10. The standard InChI is InChI=1S/C15H12F3N3O3S/c16-10-6-5-9(7-12(10)21(23)24)19-8-14(22)20-11-3-1-2-4-13(11)25-15(17)18/h1-7,15,19H,8H2,(H,20,22). The summed E-state index contributed by atoms with van der Waals surface area (Å²) in [6.45, 7) is -0.281. The second-order valence-electron chi connectivity index (χ2n) is 4.70. The van der Waals surface area contributed by atoms with Crippen LogP contribution in [0.2, 0.25) is 0 Å². The summed E-state index contributed by atoms with van der Waals surface area (Å²) < 4.78 is 38.2. The van der Waals surface area contributed by atoms with Crippen LogP contribution in [0.25, 0.3) is 0 Å². The fraction of sp³-hybridized carbons (Fsp3) is 0.133. The molecule has 2 aromatic carbocycles. The van der Waals surface area contributed by atoms with Crippen LogP contribution in [-0.4, -0.2) is 23.1 Å². The molecule has 1 amide bonds. The maximum atomic E-state index is 13.2. The molecule has 0 aliphatic heterocycles. The van der Waals surface area contributed by atoms with Crippen molar-refractivity contribution in [3.63, 3.8) is 0 Å². The molecule has 25 heavy (non-hydrogen) atoms. The van der Waals surface area contributed by atoms with Crippen molar-refractivity contribution in [2.45, 2.75) is 10.7 Å². The first-order valence-electron chi connectivity index (χ1n) is 6.88. The molecule has 0 unspecified atom stereocenters. The van der Waals surface area contributed by atoms with Gasteiger partial charge in [-0.25, -0.2) is 0 Å². The average Bonchev–Trinajstić information content (AvgIpc) is 2.55. The molecule has 0 aliphatic rings. The summed E-state index contributed by atoms with van der Waals surface area (Å²) in [5.41, 5.74) is -0.313. The zero-order valence-corrected chi connectivity index (χ0v) is 13.4. The Kier molecular flexibility index (Phi) is 6.23. The van der Waals surface area contributed by atoms with Crippen LogP contribution in [0, 0.1) is 15.9 Å². The first-order valence-corrected chi connectivity index (χ1v) is 7.76. The van der Waals surface area contributed by atoms with Gasteiger partial charge in [0.15, 0.2) is 0 Å². The molecule has 2 N–H and O–H groups in total. The van der Waals surface area contributed by atoms with Gasteiger partial charge in [0.05, 0.1) is 17.2 Å². The third kappa shape index (κ3) is 5.38. The molecule has 132 valence electrons. The molecule has 10 heteroatoms. The smallest absolute Gasteiger partial charge is 0.306 e. The monoisotopic (exact) mass is 371 g/mol. The average molecular weight is 371 g/mol. The lowest BCUT2D eigenvalue weighted by atomic mass is 10.2. The molecule has 2 aromatic rings. The van der Waals surface area contributed by atoms with Gasteiger partial charge in [0.25, 0.3) is 5.76 Å². The van der Waals surface area contributed by atoms with Crippen molar-refractivity contribution in [3.8, 4) is 0 Å². The van der Waals surface area contributed by atoms with E-state index in [-0.39, 0.29) is 22.8 Å². The summed E-state index contributed by atoms with van der Waals surface area (Å²) in [5, 5.41) is 15.8. The molecule has 0 atom stereocenters.